The van der Waals surface area contributed by atoms with Gasteiger partial charge in [-0.1, -0.05) is 56.6 Å². The fraction of sp³-hybridized carbons (Fsp3) is 0.250. The molecule has 0 radical (unpaired) electrons. The van der Waals surface area contributed by atoms with Gasteiger partial charge in [-0.3, -0.25) is 0 Å². The van der Waals surface area contributed by atoms with Gasteiger partial charge >= 0.3 is 6.03 Å². The van der Waals surface area contributed by atoms with Crippen molar-refractivity contribution >= 4 is 23.3 Å². The monoisotopic (exact) mass is 439 g/mol. The predicted octanol–water partition coefficient (Wildman–Crippen LogP) is 6.16. The molecular formula is C24H26ClN3O3. The van der Waals surface area contributed by atoms with Crippen molar-refractivity contribution in [2.75, 3.05) is 12.4 Å². The maximum atomic E-state index is 12.5. The number of methoxy groups -OCH3 is 1. The Kier molecular flexibility index (Phi) is 7.02. The summed E-state index contributed by atoms with van der Waals surface area (Å²) in [5.41, 5.74) is 2.27. The van der Waals surface area contributed by atoms with Gasteiger partial charge in [0.25, 0.3) is 0 Å². The zero-order chi connectivity index (χ0) is 22.4. The first-order valence-electron chi connectivity index (χ1n) is 9.87. The molecule has 2 N–H and O–H groups in total. The number of hydrogen-bond donors (Lipinski definition) is 2. The molecule has 3 rings (SSSR count). The Morgan fingerprint density at radius 2 is 1.84 bits per heavy atom. The van der Waals surface area contributed by atoms with Gasteiger partial charge in [0.2, 0.25) is 5.88 Å². The molecule has 2 amide bonds. The third kappa shape index (κ3) is 5.89. The first-order chi connectivity index (χ1) is 14.8. The zero-order valence-electron chi connectivity index (χ0n) is 18.0. The number of nitrogens with zero attached hydrogens (tertiary/aromatic N) is 1. The van der Waals surface area contributed by atoms with Crippen LogP contribution in [0.3, 0.4) is 0 Å². The van der Waals surface area contributed by atoms with E-state index in [1.54, 1.807) is 37.6 Å². The van der Waals surface area contributed by atoms with Crippen LogP contribution in [0.25, 0.3) is 0 Å². The van der Waals surface area contributed by atoms with E-state index in [4.69, 9.17) is 21.1 Å². The molecule has 162 valence electrons. The molecule has 1 heterocycles. The average molecular weight is 440 g/mol. The topological polar surface area (TPSA) is 72.5 Å². The van der Waals surface area contributed by atoms with Gasteiger partial charge < -0.3 is 20.1 Å². The van der Waals surface area contributed by atoms with Gasteiger partial charge in [-0.05, 0) is 41.3 Å². The standard InChI is InChI=1S/C24H26ClN3O3/c1-24(2,3)17-8-5-6-10-20(17)31-22-19(9-7-13-26-22)28-23(29)27-15-16-11-12-21(30-4)18(25)14-16/h5-14H,15H2,1-4H3,(H2,27,28,29). The van der Waals surface area contributed by atoms with E-state index in [0.717, 1.165) is 11.1 Å². The summed E-state index contributed by atoms with van der Waals surface area (Å²) in [4.78, 5) is 16.8. The molecule has 0 spiro atoms. The lowest BCUT2D eigenvalue weighted by molar-refractivity contribution is 0.251. The molecule has 6 nitrogen and oxygen atoms in total. The van der Waals surface area contributed by atoms with E-state index in [1.165, 1.54) is 0 Å². The Bertz CT molecular complexity index is 1060. The van der Waals surface area contributed by atoms with Crippen LogP contribution in [0.1, 0.15) is 31.9 Å². The third-order valence-corrected chi connectivity index (χ3v) is 4.89. The number of hydrogen-bond acceptors (Lipinski definition) is 4. The van der Waals surface area contributed by atoms with E-state index >= 15 is 0 Å². The lowest BCUT2D eigenvalue weighted by Gasteiger charge is -2.22. The molecule has 7 heteroatoms. The summed E-state index contributed by atoms with van der Waals surface area (Å²) in [5.74, 6) is 1.61. The van der Waals surface area contributed by atoms with Crippen LogP contribution in [-0.2, 0) is 12.0 Å². The molecule has 0 saturated carbocycles. The number of urea groups is 1. The second-order valence-electron chi connectivity index (χ2n) is 7.98. The highest BCUT2D eigenvalue weighted by Gasteiger charge is 2.20. The lowest BCUT2D eigenvalue weighted by Crippen LogP contribution is -2.28. The van der Waals surface area contributed by atoms with Crippen molar-refractivity contribution in [1.29, 1.82) is 0 Å². The van der Waals surface area contributed by atoms with Crippen molar-refractivity contribution in [1.82, 2.24) is 10.3 Å². The van der Waals surface area contributed by atoms with Crippen LogP contribution in [0.4, 0.5) is 10.5 Å². The molecule has 2 aromatic carbocycles. The maximum Gasteiger partial charge on any atom is 0.319 e. The highest BCUT2D eigenvalue weighted by atomic mass is 35.5. The molecule has 0 bridgehead atoms. The molecule has 0 fully saturated rings. The fourth-order valence-corrected chi connectivity index (χ4v) is 3.30. The number of nitrogens with one attached hydrogen (secondary N) is 2. The smallest absolute Gasteiger partial charge is 0.319 e. The van der Waals surface area contributed by atoms with E-state index in [-0.39, 0.29) is 11.4 Å². The highest BCUT2D eigenvalue weighted by Crippen LogP contribution is 2.35. The molecule has 0 atom stereocenters. The van der Waals surface area contributed by atoms with Gasteiger partial charge in [-0.25, -0.2) is 9.78 Å². The third-order valence-electron chi connectivity index (χ3n) is 4.59. The number of rotatable bonds is 6. The van der Waals surface area contributed by atoms with Crippen molar-refractivity contribution in [3.8, 4) is 17.4 Å². The Labute approximate surface area is 187 Å². The van der Waals surface area contributed by atoms with Crippen molar-refractivity contribution in [2.45, 2.75) is 32.7 Å². The van der Waals surface area contributed by atoms with Gasteiger partial charge in [-0.15, -0.1) is 0 Å². The number of ether oxygens (including phenoxy) is 2. The molecular weight excluding hydrogens is 414 g/mol. The van der Waals surface area contributed by atoms with Crippen molar-refractivity contribution < 1.29 is 14.3 Å². The Morgan fingerprint density at radius 3 is 2.55 bits per heavy atom. The first-order valence-corrected chi connectivity index (χ1v) is 10.3. The van der Waals surface area contributed by atoms with Crippen molar-refractivity contribution in [3.05, 3.63) is 76.9 Å². The average Bonchev–Trinajstić information content (AvgIpc) is 2.73. The Balaban J connectivity index is 1.70. The number of para-hydroxylation sites is 1. The molecule has 0 saturated heterocycles. The summed E-state index contributed by atoms with van der Waals surface area (Å²) in [6.45, 7) is 6.65. The van der Waals surface area contributed by atoms with Crippen molar-refractivity contribution in [3.63, 3.8) is 0 Å². The first kappa shape index (κ1) is 22.4. The van der Waals surface area contributed by atoms with Crippen LogP contribution in [-0.4, -0.2) is 18.1 Å². The van der Waals surface area contributed by atoms with Crippen LogP contribution in [0.2, 0.25) is 5.02 Å². The summed E-state index contributed by atoms with van der Waals surface area (Å²) in [7, 11) is 1.56. The molecule has 0 aliphatic heterocycles. The van der Waals surface area contributed by atoms with Crippen LogP contribution in [0.5, 0.6) is 17.4 Å². The minimum atomic E-state index is -0.381. The van der Waals surface area contributed by atoms with Crippen LogP contribution in [0.15, 0.2) is 60.8 Å². The normalized spacial score (nSPS) is 11.0. The summed E-state index contributed by atoms with van der Waals surface area (Å²) in [5, 5.41) is 6.10. The highest BCUT2D eigenvalue weighted by molar-refractivity contribution is 6.32. The largest absolute Gasteiger partial charge is 0.495 e. The van der Waals surface area contributed by atoms with Gasteiger partial charge in [-0.2, -0.15) is 0 Å². The van der Waals surface area contributed by atoms with Gasteiger partial charge in [0.05, 0.1) is 12.1 Å². The quantitative estimate of drug-likeness (QED) is 0.482. The number of amides is 2. The minimum absolute atomic E-state index is 0.101. The number of carbonyl (C=O) groups is 1. The SMILES string of the molecule is COc1ccc(CNC(=O)Nc2cccnc2Oc2ccccc2C(C)(C)C)cc1Cl. The Hall–Kier alpha value is -3.25. The molecule has 0 aliphatic carbocycles. The fourth-order valence-electron chi connectivity index (χ4n) is 3.02. The van der Waals surface area contributed by atoms with Gasteiger partial charge in [0.15, 0.2) is 0 Å². The van der Waals surface area contributed by atoms with E-state index in [9.17, 15) is 4.79 Å². The number of halogens is 1. The second kappa shape index (κ2) is 9.71. The van der Waals surface area contributed by atoms with Crippen LogP contribution >= 0.6 is 11.6 Å². The number of carbonyl (C=O) groups excluding carboxylic acids is 1. The molecule has 3 aromatic rings. The summed E-state index contributed by atoms with van der Waals surface area (Å²) in [6.07, 6.45) is 1.62. The summed E-state index contributed by atoms with van der Waals surface area (Å²) >= 11 is 6.14. The van der Waals surface area contributed by atoms with Gasteiger partial charge in [0.1, 0.15) is 17.2 Å². The minimum Gasteiger partial charge on any atom is -0.495 e. The number of aromatic nitrogens is 1. The van der Waals surface area contributed by atoms with Crippen LogP contribution in [0, 0.1) is 0 Å². The van der Waals surface area contributed by atoms with E-state index in [1.807, 2.05) is 30.3 Å². The van der Waals surface area contributed by atoms with Crippen molar-refractivity contribution in [2.24, 2.45) is 0 Å². The number of anilines is 1. The Morgan fingerprint density at radius 1 is 1.06 bits per heavy atom. The summed E-state index contributed by atoms with van der Waals surface area (Å²) in [6, 6.07) is 16.3. The zero-order valence-corrected chi connectivity index (χ0v) is 18.8. The number of benzene rings is 2. The summed E-state index contributed by atoms with van der Waals surface area (Å²) < 4.78 is 11.2. The van der Waals surface area contributed by atoms with E-state index < -0.39 is 0 Å². The lowest BCUT2D eigenvalue weighted by atomic mass is 9.86. The maximum absolute atomic E-state index is 12.5. The van der Waals surface area contributed by atoms with E-state index in [0.29, 0.717) is 34.6 Å². The molecule has 31 heavy (non-hydrogen) atoms. The van der Waals surface area contributed by atoms with E-state index in [2.05, 4.69) is 36.4 Å². The molecule has 1 aromatic heterocycles. The van der Waals surface area contributed by atoms with Gasteiger partial charge in [0, 0.05) is 18.3 Å². The molecule has 0 unspecified atom stereocenters. The second-order valence-corrected chi connectivity index (χ2v) is 8.39. The van der Waals surface area contributed by atoms with Crippen LogP contribution < -0.4 is 20.1 Å². The number of pyridine rings is 1. The molecule has 0 aliphatic rings. The predicted molar refractivity (Wildman–Crippen MR) is 123 cm³/mol.